The molecule has 1 fully saturated rings. The Morgan fingerprint density at radius 3 is 2.68 bits per heavy atom. The van der Waals surface area contributed by atoms with Crippen LogP contribution in [0.3, 0.4) is 0 Å². The summed E-state index contributed by atoms with van der Waals surface area (Å²) in [6.07, 6.45) is 6.82. The maximum Gasteiger partial charge on any atom is 0.242 e. The number of nitrogens with one attached hydrogen (secondary N) is 1. The summed E-state index contributed by atoms with van der Waals surface area (Å²) in [5, 5.41) is 0.645. The molecule has 106 valence electrons. The average Bonchev–Trinajstić information content (AvgIpc) is 2.42. The van der Waals surface area contributed by atoms with Gasteiger partial charge in [0, 0.05) is 23.3 Å². The lowest BCUT2D eigenvalue weighted by Crippen LogP contribution is -2.51. The Labute approximate surface area is 123 Å². The number of rotatable bonds is 4. The van der Waals surface area contributed by atoms with Crippen molar-refractivity contribution in [3.8, 4) is 0 Å². The van der Waals surface area contributed by atoms with Crippen molar-refractivity contribution in [3.63, 3.8) is 0 Å². The van der Waals surface area contributed by atoms with Crippen LogP contribution >= 0.6 is 15.9 Å². The van der Waals surface area contributed by atoms with Crippen molar-refractivity contribution < 1.29 is 8.42 Å². The predicted octanol–water partition coefficient (Wildman–Crippen LogP) is 2.70. The standard InChI is InChI=1S/C13H19BrN2O2S/c1-11-4-6-13(10-14,7-5-11)16-19(17,18)12-3-2-8-15-9-12/h2-3,8-9,11,16H,4-7,10H2,1H3. The van der Waals surface area contributed by atoms with Gasteiger partial charge in [0.1, 0.15) is 4.90 Å². The van der Waals surface area contributed by atoms with Gasteiger partial charge in [-0.15, -0.1) is 0 Å². The van der Waals surface area contributed by atoms with Crippen LogP contribution in [0, 0.1) is 5.92 Å². The van der Waals surface area contributed by atoms with Gasteiger partial charge in [-0.3, -0.25) is 4.98 Å². The predicted molar refractivity (Wildman–Crippen MR) is 78.7 cm³/mol. The number of aromatic nitrogens is 1. The van der Waals surface area contributed by atoms with Crippen LogP contribution in [0.15, 0.2) is 29.4 Å². The van der Waals surface area contributed by atoms with E-state index in [9.17, 15) is 8.42 Å². The van der Waals surface area contributed by atoms with E-state index in [2.05, 4.69) is 32.6 Å². The highest BCUT2D eigenvalue weighted by Crippen LogP contribution is 2.34. The molecule has 1 saturated carbocycles. The Hall–Kier alpha value is -0.460. The van der Waals surface area contributed by atoms with E-state index >= 15 is 0 Å². The maximum atomic E-state index is 12.4. The van der Waals surface area contributed by atoms with Crippen molar-refractivity contribution >= 4 is 26.0 Å². The van der Waals surface area contributed by atoms with E-state index in [1.54, 1.807) is 18.3 Å². The van der Waals surface area contributed by atoms with Crippen molar-refractivity contribution in [2.75, 3.05) is 5.33 Å². The number of alkyl halides is 1. The van der Waals surface area contributed by atoms with Gasteiger partial charge in [-0.05, 0) is 43.7 Å². The molecule has 1 aliphatic carbocycles. The van der Waals surface area contributed by atoms with E-state index in [4.69, 9.17) is 0 Å². The number of hydrogen-bond acceptors (Lipinski definition) is 3. The highest BCUT2D eigenvalue weighted by atomic mass is 79.9. The maximum absolute atomic E-state index is 12.4. The smallest absolute Gasteiger partial charge is 0.242 e. The molecule has 0 aliphatic heterocycles. The molecule has 0 aromatic carbocycles. The molecule has 1 aromatic rings. The second-order valence-corrected chi connectivity index (χ2v) is 7.63. The molecule has 0 radical (unpaired) electrons. The third kappa shape index (κ3) is 3.55. The molecule has 2 rings (SSSR count). The number of hydrogen-bond donors (Lipinski definition) is 1. The monoisotopic (exact) mass is 346 g/mol. The summed E-state index contributed by atoms with van der Waals surface area (Å²) in [4.78, 5) is 4.10. The van der Waals surface area contributed by atoms with E-state index in [-0.39, 0.29) is 10.4 Å². The molecule has 19 heavy (non-hydrogen) atoms. The lowest BCUT2D eigenvalue weighted by atomic mass is 9.79. The molecule has 0 amide bonds. The van der Waals surface area contributed by atoms with Crippen LogP contribution in [0.25, 0.3) is 0 Å². The first-order chi connectivity index (χ1) is 8.97. The summed E-state index contributed by atoms with van der Waals surface area (Å²) in [6.45, 7) is 2.22. The van der Waals surface area contributed by atoms with Gasteiger partial charge < -0.3 is 0 Å². The minimum atomic E-state index is -3.49. The molecule has 0 atom stereocenters. The first kappa shape index (κ1) is 14.9. The van der Waals surface area contributed by atoms with Crippen LogP contribution in [0.4, 0.5) is 0 Å². The Balaban J connectivity index is 2.19. The van der Waals surface area contributed by atoms with Crippen LogP contribution in [0.2, 0.25) is 0 Å². The highest BCUT2D eigenvalue weighted by molar-refractivity contribution is 9.09. The van der Waals surface area contributed by atoms with E-state index < -0.39 is 10.0 Å². The van der Waals surface area contributed by atoms with Gasteiger partial charge >= 0.3 is 0 Å². The SMILES string of the molecule is CC1CCC(CBr)(NS(=O)(=O)c2cccnc2)CC1. The molecule has 0 saturated heterocycles. The lowest BCUT2D eigenvalue weighted by Gasteiger charge is -2.38. The van der Waals surface area contributed by atoms with Gasteiger partial charge in [0.2, 0.25) is 10.0 Å². The summed E-state index contributed by atoms with van der Waals surface area (Å²) in [5.41, 5.74) is -0.360. The second-order valence-electron chi connectivity index (χ2n) is 5.39. The van der Waals surface area contributed by atoms with Crippen molar-refractivity contribution in [3.05, 3.63) is 24.5 Å². The summed E-state index contributed by atoms with van der Waals surface area (Å²) in [6, 6.07) is 3.21. The summed E-state index contributed by atoms with van der Waals surface area (Å²) < 4.78 is 27.6. The highest BCUT2D eigenvalue weighted by Gasteiger charge is 2.37. The summed E-state index contributed by atoms with van der Waals surface area (Å²) in [5.74, 6) is 0.676. The fraction of sp³-hybridized carbons (Fsp3) is 0.615. The zero-order chi connectivity index (χ0) is 13.9. The van der Waals surface area contributed by atoms with Crippen molar-refractivity contribution in [2.45, 2.75) is 43.0 Å². The van der Waals surface area contributed by atoms with E-state index in [1.807, 2.05) is 0 Å². The first-order valence-corrected chi connectivity index (χ1v) is 9.08. The largest absolute Gasteiger partial charge is 0.263 e. The van der Waals surface area contributed by atoms with Gasteiger partial charge in [-0.2, -0.15) is 0 Å². The Kier molecular flexibility index (Phi) is 4.63. The molecule has 1 heterocycles. The Bertz CT molecular complexity index is 511. The molecule has 1 N–H and O–H groups in total. The Morgan fingerprint density at radius 2 is 2.16 bits per heavy atom. The van der Waals surface area contributed by atoms with E-state index in [0.29, 0.717) is 11.2 Å². The average molecular weight is 347 g/mol. The van der Waals surface area contributed by atoms with Crippen LogP contribution in [-0.2, 0) is 10.0 Å². The molecular formula is C13H19BrN2O2S. The normalized spacial score (nSPS) is 28.2. The number of pyridine rings is 1. The molecule has 6 heteroatoms. The van der Waals surface area contributed by atoms with Crippen LogP contribution in [0.1, 0.15) is 32.6 Å². The van der Waals surface area contributed by atoms with Gasteiger partial charge in [-0.1, -0.05) is 22.9 Å². The number of nitrogens with zero attached hydrogens (tertiary/aromatic N) is 1. The van der Waals surface area contributed by atoms with Gasteiger partial charge in [0.15, 0.2) is 0 Å². The minimum absolute atomic E-state index is 0.231. The molecule has 1 aliphatic rings. The minimum Gasteiger partial charge on any atom is -0.263 e. The lowest BCUT2D eigenvalue weighted by molar-refractivity contribution is 0.250. The van der Waals surface area contributed by atoms with Crippen molar-refractivity contribution in [1.82, 2.24) is 9.71 Å². The van der Waals surface area contributed by atoms with Gasteiger partial charge in [-0.25, -0.2) is 13.1 Å². The second kappa shape index (κ2) is 5.89. The van der Waals surface area contributed by atoms with Crippen LogP contribution < -0.4 is 4.72 Å². The quantitative estimate of drug-likeness (QED) is 0.852. The first-order valence-electron chi connectivity index (χ1n) is 6.47. The topological polar surface area (TPSA) is 59.1 Å². The molecule has 4 nitrogen and oxygen atoms in total. The third-order valence-electron chi connectivity index (χ3n) is 3.78. The van der Waals surface area contributed by atoms with Gasteiger partial charge in [0.25, 0.3) is 0 Å². The molecule has 0 bridgehead atoms. The summed E-state index contributed by atoms with van der Waals surface area (Å²) >= 11 is 3.47. The van der Waals surface area contributed by atoms with E-state index in [1.165, 1.54) is 6.20 Å². The van der Waals surface area contributed by atoms with Crippen LogP contribution in [0.5, 0.6) is 0 Å². The van der Waals surface area contributed by atoms with Crippen LogP contribution in [-0.4, -0.2) is 24.3 Å². The zero-order valence-corrected chi connectivity index (χ0v) is 13.4. The molecule has 0 spiro atoms. The van der Waals surface area contributed by atoms with Crippen molar-refractivity contribution in [2.24, 2.45) is 5.92 Å². The molecule has 1 aromatic heterocycles. The fourth-order valence-electron chi connectivity index (χ4n) is 2.43. The molecule has 0 unspecified atom stereocenters. The fourth-order valence-corrected chi connectivity index (χ4v) is 4.74. The summed E-state index contributed by atoms with van der Waals surface area (Å²) in [7, 11) is -3.49. The molecular weight excluding hydrogens is 328 g/mol. The Morgan fingerprint density at radius 1 is 1.47 bits per heavy atom. The number of halogens is 1. The zero-order valence-electron chi connectivity index (χ0n) is 11.0. The van der Waals surface area contributed by atoms with Gasteiger partial charge in [0.05, 0.1) is 0 Å². The third-order valence-corrected chi connectivity index (χ3v) is 6.42. The van der Waals surface area contributed by atoms with E-state index in [0.717, 1.165) is 25.7 Å². The number of sulfonamides is 1. The van der Waals surface area contributed by atoms with Crippen molar-refractivity contribution in [1.29, 1.82) is 0 Å².